The van der Waals surface area contributed by atoms with E-state index in [4.69, 9.17) is 17.0 Å². The Labute approximate surface area is 79.9 Å². The van der Waals surface area contributed by atoms with Crippen LogP contribution in [0, 0.1) is 5.92 Å². The van der Waals surface area contributed by atoms with Gasteiger partial charge in [-0.2, -0.15) is 0 Å². The van der Waals surface area contributed by atoms with Gasteiger partial charge in [0.1, 0.15) is 0 Å². The Bertz CT molecular complexity index is 139. The van der Waals surface area contributed by atoms with Gasteiger partial charge in [-0.25, -0.2) is 0 Å². The number of thiocarbonyl (C=S) groups is 1. The van der Waals surface area contributed by atoms with Gasteiger partial charge in [0.2, 0.25) is 0 Å². The van der Waals surface area contributed by atoms with Crippen molar-refractivity contribution in [2.24, 2.45) is 5.92 Å². The molecule has 2 N–H and O–H groups in total. The van der Waals surface area contributed by atoms with Crippen molar-refractivity contribution in [2.45, 2.75) is 19.9 Å². The summed E-state index contributed by atoms with van der Waals surface area (Å²) in [5, 5.41) is 6.71. The molecule has 0 saturated heterocycles. The fourth-order valence-corrected chi connectivity index (χ4v) is 0.972. The largest absolute Gasteiger partial charge is 0.383 e. The van der Waals surface area contributed by atoms with Gasteiger partial charge < -0.3 is 15.4 Å². The van der Waals surface area contributed by atoms with E-state index in [0.717, 1.165) is 0 Å². The third-order valence-corrected chi connectivity index (χ3v) is 2.02. The van der Waals surface area contributed by atoms with Crippen LogP contribution in [-0.4, -0.2) is 31.9 Å². The van der Waals surface area contributed by atoms with Gasteiger partial charge in [0.25, 0.3) is 0 Å². The Morgan fingerprint density at radius 2 is 2.08 bits per heavy atom. The summed E-state index contributed by atoms with van der Waals surface area (Å²) in [4.78, 5) is 0. The zero-order chi connectivity index (χ0) is 9.56. The quantitative estimate of drug-likeness (QED) is 0.641. The lowest BCUT2D eigenvalue weighted by atomic mass is 10.1. The summed E-state index contributed by atoms with van der Waals surface area (Å²) in [7, 11) is 3.50. The second kappa shape index (κ2) is 6.20. The van der Waals surface area contributed by atoms with Crippen molar-refractivity contribution < 1.29 is 4.74 Å². The van der Waals surface area contributed by atoms with Gasteiger partial charge in [-0.3, -0.25) is 0 Å². The van der Waals surface area contributed by atoms with Crippen molar-refractivity contribution in [3.63, 3.8) is 0 Å². The van der Waals surface area contributed by atoms with E-state index in [1.807, 2.05) is 0 Å². The summed E-state index contributed by atoms with van der Waals surface area (Å²) in [6.45, 7) is 4.95. The van der Waals surface area contributed by atoms with Gasteiger partial charge in [0.15, 0.2) is 5.11 Å². The molecule has 0 aliphatic rings. The maximum absolute atomic E-state index is 5.06. The normalized spacial score (nSPS) is 12.8. The summed E-state index contributed by atoms with van der Waals surface area (Å²) in [5.74, 6) is 0.510. The minimum Gasteiger partial charge on any atom is -0.383 e. The number of methoxy groups -OCH3 is 1. The highest BCUT2D eigenvalue weighted by molar-refractivity contribution is 7.80. The molecule has 0 saturated carbocycles. The minimum atomic E-state index is 0.287. The molecule has 0 aromatic rings. The molecule has 0 aromatic carbocycles. The molecule has 0 aromatic heterocycles. The molecule has 0 heterocycles. The van der Waals surface area contributed by atoms with Crippen LogP contribution in [0.15, 0.2) is 0 Å². The number of hydrogen-bond donors (Lipinski definition) is 2. The van der Waals surface area contributed by atoms with Crippen LogP contribution in [0.5, 0.6) is 0 Å². The lowest BCUT2D eigenvalue weighted by Crippen LogP contribution is -2.45. The predicted octanol–water partition coefficient (Wildman–Crippen LogP) is 0.751. The summed E-state index contributed by atoms with van der Waals surface area (Å²) < 4.78 is 5.06. The maximum Gasteiger partial charge on any atom is 0.166 e. The first-order valence-corrected chi connectivity index (χ1v) is 4.49. The Hall–Kier alpha value is -0.350. The fourth-order valence-electron chi connectivity index (χ4n) is 0.821. The maximum atomic E-state index is 5.06. The Morgan fingerprint density at radius 3 is 2.42 bits per heavy atom. The van der Waals surface area contributed by atoms with E-state index in [1.165, 1.54) is 0 Å². The Balaban J connectivity index is 3.86. The second-order valence-electron chi connectivity index (χ2n) is 3.03. The first kappa shape index (κ1) is 11.6. The van der Waals surface area contributed by atoms with E-state index < -0.39 is 0 Å². The SMILES string of the molecule is CNC(=S)NC(COC)C(C)C. The second-order valence-corrected chi connectivity index (χ2v) is 3.44. The molecule has 72 valence electrons. The van der Waals surface area contributed by atoms with Crippen LogP contribution in [0.1, 0.15) is 13.8 Å². The Morgan fingerprint density at radius 1 is 1.50 bits per heavy atom. The summed E-state index contributed by atoms with van der Waals surface area (Å²) >= 11 is 4.99. The van der Waals surface area contributed by atoms with Crippen LogP contribution in [0.4, 0.5) is 0 Å². The first-order valence-electron chi connectivity index (χ1n) is 4.09. The van der Waals surface area contributed by atoms with Crippen molar-refractivity contribution in [3.8, 4) is 0 Å². The zero-order valence-electron chi connectivity index (χ0n) is 8.18. The van der Waals surface area contributed by atoms with Crippen LogP contribution in [0.25, 0.3) is 0 Å². The molecule has 0 amide bonds. The van der Waals surface area contributed by atoms with Crippen LogP contribution in [-0.2, 0) is 4.74 Å². The topological polar surface area (TPSA) is 33.3 Å². The van der Waals surface area contributed by atoms with E-state index in [-0.39, 0.29) is 6.04 Å². The van der Waals surface area contributed by atoms with Crippen molar-refractivity contribution in [1.29, 1.82) is 0 Å². The highest BCUT2D eigenvalue weighted by Gasteiger charge is 2.12. The van der Waals surface area contributed by atoms with Crippen molar-refractivity contribution in [1.82, 2.24) is 10.6 Å². The predicted molar refractivity (Wildman–Crippen MR) is 55.3 cm³/mol. The molecular weight excluding hydrogens is 172 g/mol. The van der Waals surface area contributed by atoms with Gasteiger partial charge in [-0.15, -0.1) is 0 Å². The monoisotopic (exact) mass is 190 g/mol. The van der Waals surface area contributed by atoms with Crippen LogP contribution in [0.2, 0.25) is 0 Å². The van der Waals surface area contributed by atoms with Gasteiger partial charge in [0, 0.05) is 14.2 Å². The van der Waals surface area contributed by atoms with Gasteiger partial charge in [-0.1, -0.05) is 13.8 Å². The lowest BCUT2D eigenvalue weighted by Gasteiger charge is -2.22. The van der Waals surface area contributed by atoms with E-state index >= 15 is 0 Å². The first-order chi connectivity index (χ1) is 5.61. The molecule has 0 bridgehead atoms. The molecule has 4 heteroatoms. The van der Waals surface area contributed by atoms with Crippen LogP contribution < -0.4 is 10.6 Å². The van der Waals surface area contributed by atoms with Crippen molar-refractivity contribution >= 4 is 17.3 Å². The molecular formula is C8H18N2OS. The molecule has 1 atom stereocenters. The van der Waals surface area contributed by atoms with E-state index in [9.17, 15) is 0 Å². The molecule has 3 nitrogen and oxygen atoms in total. The van der Waals surface area contributed by atoms with Crippen LogP contribution in [0.3, 0.4) is 0 Å². The molecule has 12 heavy (non-hydrogen) atoms. The average Bonchev–Trinajstić information content (AvgIpc) is 2.03. The van der Waals surface area contributed by atoms with Gasteiger partial charge >= 0.3 is 0 Å². The van der Waals surface area contributed by atoms with Gasteiger partial charge in [0.05, 0.1) is 12.6 Å². The highest BCUT2D eigenvalue weighted by atomic mass is 32.1. The number of ether oxygens (including phenoxy) is 1. The van der Waals surface area contributed by atoms with E-state index in [1.54, 1.807) is 14.2 Å². The number of rotatable bonds is 4. The summed E-state index contributed by atoms with van der Waals surface area (Å²) in [6, 6.07) is 0.287. The molecule has 0 aliphatic carbocycles. The van der Waals surface area contributed by atoms with Gasteiger partial charge in [-0.05, 0) is 18.1 Å². The third-order valence-electron chi connectivity index (χ3n) is 1.69. The standard InChI is InChI=1S/C8H18N2OS/c1-6(2)7(5-11-4)10-8(12)9-3/h6-7H,5H2,1-4H3,(H2,9,10,12). The summed E-state index contributed by atoms with van der Waals surface area (Å²) in [5.41, 5.74) is 0. The van der Waals surface area contributed by atoms with E-state index in [0.29, 0.717) is 17.6 Å². The highest BCUT2D eigenvalue weighted by Crippen LogP contribution is 2.01. The number of hydrogen-bond acceptors (Lipinski definition) is 2. The molecule has 0 aliphatic heterocycles. The molecule has 1 unspecified atom stereocenters. The Kier molecular flexibility index (Phi) is 6.02. The third kappa shape index (κ3) is 4.51. The lowest BCUT2D eigenvalue weighted by molar-refractivity contribution is 0.156. The summed E-state index contributed by atoms with van der Waals surface area (Å²) in [6.07, 6.45) is 0. The zero-order valence-corrected chi connectivity index (χ0v) is 8.99. The fraction of sp³-hybridized carbons (Fsp3) is 0.875. The molecule has 0 fully saturated rings. The van der Waals surface area contributed by atoms with Crippen LogP contribution >= 0.6 is 12.2 Å². The number of nitrogens with one attached hydrogen (secondary N) is 2. The molecule has 0 radical (unpaired) electrons. The van der Waals surface area contributed by atoms with E-state index in [2.05, 4.69) is 24.5 Å². The molecule has 0 spiro atoms. The minimum absolute atomic E-state index is 0.287. The molecule has 0 rings (SSSR count). The van der Waals surface area contributed by atoms with Crippen molar-refractivity contribution in [2.75, 3.05) is 20.8 Å². The van der Waals surface area contributed by atoms with Crippen molar-refractivity contribution in [3.05, 3.63) is 0 Å². The average molecular weight is 190 g/mol. The smallest absolute Gasteiger partial charge is 0.166 e.